The molecule has 0 bridgehead atoms. The van der Waals surface area contributed by atoms with Gasteiger partial charge in [-0.05, 0) is 44.5 Å². The van der Waals surface area contributed by atoms with E-state index < -0.39 is 0 Å². The first-order valence-electron chi connectivity index (χ1n) is 7.12. The highest BCUT2D eigenvalue weighted by atomic mass is 16.3. The van der Waals surface area contributed by atoms with Gasteiger partial charge in [0.05, 0.1) is 0 Å². The van der Waals surface area contributed by atoms with Crippen LogP contribution in [0, 0.1) is 13.8 Å². The van der Waals surface area contributed by atoms with Crippen LogP contribution in [-0.4, -0.2) is 5.91 Å². The highest BCUT2D eigenvalue weighted by Gasteiger charge is 2.11. The summed E-state index contributed by atoms with van der Waals surface area (Å²) in [4.78, 5) is 11.0. The third-order valence-corrected chi connectivity index (χ3v) is 3.43. The SMILES string of the molecule is CC(=O)Nc1ccc(CN[C@@H](C)c2cc(C)oc2C)cc1. The van der Waals surface area contributed by atoms with Crippen LogP contribution in [0.3, 0.4) is 0 Å². The maximum Gasteiger partial charge on any atom is 0.221 e. The van der Waals surface area contributed by atoms with Gasteiger partial charge in [-0.2, -0.15) is 0 Å². The molecule has 4 heteroatoms. The molecule has 21 heavy (non-hydrogen) atoms. The number of hydrogen-bond acceptors (Lipinski definition) is 3. The molecule has 0 aliphatic carbocycles. The van der Waals surface area contributed by atoms with Crippen LogP contribution in [0.5, 0.6) is 0 Å². The van der Waals surface area contributed by atoms with Gasteiger partial charge >= 0.3 is 0 Å². The van der Waals surface area contributed by atoms with Crippen molar-refractivity contribution in [2.45, 2.75) is 40.3 Å². The summed E-state index contributed by atoms with van der Waals surface area (Å²) in [5.41, 5.74) is 3.19. The fourth-order valence-corrected chi connectivity index (χ4v) is 2.37. The van der Waals surface area contributed by atoms with Crippen LogP contribution in [0.1, 0.15) is 42.5 Å². The van der Waals surface area contributed by atoms with Gasteiger partial charge in [0.2, 0.25) is 5.91 Å². The van der Waals surface area contributed by atoms with Crippen LogP contribution in [0.15, 0.2) is 34.7 Å². The highest BCUT2D eigenvalue weighted by molar-refractivity contribution is 5.88. The van der Waals surface area contributed by atoms with Crippen molar-refractivity contribution < 1.29 is 9.21 Å². The zero-order valence-electron chi connectivity index (χ0n) is 13.0. The number of furan rings is 1. The predicted molar refractivity (Wildman–Crippen MR) is 84.2 cm³/mol. The number of carbonyl (C=O) groups is 1. The van der Waals surface area contributed by atoms with E-state index in [0.29, 0.717) is 0 Å². The molecule has 2 N–H and O–H groups in total. The van der Waals surface area contributed by atoms with Crippen molar-refractivity contribution in [1.29, 1.82) is 0 Å². The van der Waals surface area contributed by atoms with E-state index in [1.807, 2.05) is 38.1 Å². The Balaban J connectivity index is 1.93. The van der Waals surface area contributed by atoms with Gasteiger partial charge < -0.3 is 15.1 Å². The zero-order chi connectivity index (χ0) is 15.4. The number of rotatable bonds is 5. The molecule has 1 aromatic carbocycles. The van der Waals surface area contributed by atoms with Crippen molar-refractivity contribution in [3.63, 3.8) is 0 Å². The van der Waals surface area contributed by atoms with E-state index >= 15 is 0 Å². The molecule has 112 valence electrons. The molecule has 0 aliphatic rings. The van der Waals surface area contributed by atoms with Crippen LogP contribution >= 0.6 is 0 Å². The molecule has 1 atom stereocenters. The van der Waals surface area contributed by atoms with Gasteiger partial charge in [0.1, 0.15) is 11.5 Å². The summed E-state index contributed by atoms with van der Waals surface area (Å²) < 4.78 is 5.56. The van der Waals surface area contributed by atoms with Crippen molar-refractivity contribution in [3.8, 4) is 0 Å². The number of hydrogen-bond donors (Lipinski definition) is 2. The van der Waals surface area contributed by atoms with Crippen LogP contribution in [0.2, 0.25) is 0 Å². The standard InChI is InChI=1S/C17H22N2O2/c1-11-9-17(13(3)21-11)12(2)18-10-15-5-7-16(8-6-15)19-14(4)20/h5-9,12,18H,10H2,1-4H3,(H,19,20)/t12-/m0/s1. The van der Waals surface area contributed by atoms with Gasteiger partial charge in [-0.25, -0.2) is 0 Å². The number of aryl methyl sites for hydroxylation is 2. The van der Waals surface area contributed by atoms with E-state index in [-0.39, 0.29) is 11.9 Å². The first kappa shape index (κ1) is 15.3. The third-order valence-electron chi connectivity index (χ3n) is 3.43. The van der Waals surface area contributed by atoms with Gasteiger partial charge in [-0.1, -0.05) is 12.1 Å². The molecule has 0 fully saturated rings. The number of nitrogens with one attached hydrogen (secondary N) is 2. The van der Waals surface area contributed by atoms with Crippen molar-refractivity contribution in [3.05, 3.63) is 53.0 Å². The number of amides is 1. The minimum Gasteiger partial charge on any atom is -0.466 e. The van der Waals surface area contributed by atoms with Gasteiger partial charge in [0.25, 0.3) is 0 Å². The molecule has 2 aromatic rings. The molecule has 0 spiro atoms. The van der Waals surface area contributed by atoms with Crippen LogP contribution in [0.25, 0.3) is 0 Å². The lowest BCUT2D eigenvalue weighted by Gasteiger charge is -2.13. The molecule has 4 nitrogen and oxygen atoms in total. The molecule has 1 heterocycles. The van der Waals surface area contributed by atoms with Gasteiger partial charge in [0.15, 0.2) is 0 Å². The van der Waals surface area contributed by atoms with Crippen LogP contribution in [-0.2, 0) is 11.3 Å². The lowest BCUT2D eigenvalue weighted by Crippen LogP contribution is -2.18. The summed E-state index contributed by atoms with van der Waals surface area (Å²) in [5, 5.41) is 6.24. The summed E-state index contributed by atoms with van der Waals surface area (Å²) >= 11 is 0. The Labute approximate surface area is 125 Å². The fourth-order valence-electron chi connectivity index (χ4n) is 2.37. The topological polar surface area (TPSA) is 54.3 Å². The number of anilines is 1. The Kier molecular flexibility index (Phi) is 4.81. The molecular formula is C17H22N2O2. The smallest absolute Gasteiger partial charge is 0.221 e. The zero-order valence-corrected chi connectivity index (χ0v) is 13.0. The normalized spacial score (nSPS) is 12.2. The first-order chi connectivity index (χ1) is 9.95. The molecule has 0 unspecified atom stereocenters. The van der Waals surface area contributed by atoms with Gasteiger partial charge in [-0.15, -0.1) is 0 Å². The van der Waals surface area contributed by atoms with E-state index in [1.165, 1.54) is 18.1 Å². The minimum atomic E-state index is -0.0553. The van der Waals surface area contributed by atoms with E-state index in [0.717, 1.165) is 23.8 Å². The molecule has 1 aromatic heterocycles. The third kappa shape index (κ3) is 4.20. The monoisotopic (exact) mass is 286 g/mol. The molecule has 0 saturated carbocycles. The summed E-state index contributed by atoms with van der Waals surface area (Å²) in [5.74, 6) is 1.85. The van der Waals surface area contributed by atoms with Crippen LogP contribution in [0.4, 0.5) is 5.69 Å². The second kappa shape index (κ2) is 6.59. The highest BCUT2D eigenvalue weighted by Crippen LogP contribution is 2.21. The molecular weight excluding hydrogens is 264 g/mol. The van der Waals surface area contributed by atoms with Crippen LogP contribution < -0.4 is 10.6 Å². The number of carbonyl (C=O) groups excluding carboxylic acids is 1. The number of benzene rings is 1. The summed E-state index contributed by atoms with van der Waals surface area (Å²) in [7, 11) is 0. The Bertz CT molecular complexity index is 614. The maximum atomic E-state index is 11.0. The largest absolute Gasteiger partial charge is 0.466 e. The summed E-state index contributed by atoms with van der Waals surface area (Å²) in [6.07, 6.45) is 0. The predicted octanol–water partition coefficient (Wildman–Crippen LogP) is 3.71. The Morgan fingerprint density at radius 1 is 1.24 bits per heavy atom. The average molecular weight is 286 g/mol. The Morgan fingerprint density at radius 2 is 1.90 bits per heavy atom. The van der Waals surface area contributed by atoms with E-state index in [9.17, 15) is 4.79 Å². The fraction of sp³-hybridized carbons (Fsp3) is 0.353. The summed E-state index contributed by atoms with van der Waals surface area (Å²) in [6.45, 7) is 8.35. The Hall–Kier alpha value is -2.07. The molecule has 0 radical (unpaired) electrons. The van der Waals surface area contributed by atoms with E-state index in [4.69, 9.17) is 4.42 Å². The second-order valence-corrected chi connectivity index (χ2v) is 5.35. The first-order valence-corrected chi connectivity index (χ1v) is 7.12. The minimum absolute atomic E-state index is 0.0553. The van der Waals surface area contributed by atoms with Gasteiger partial charge in [-0.3, -0.25) is 4.79 Å². The van der Waals surface area contributed by atoms with E-state index in [1.54, 1.807) is 0 Å². The lowest BCUT2D eigenvalue weighted by molar-refractivity contribution is -0.114. The quantitative estimate of drug-likeness (QED) is 0.881. The average Bonchev–Trinajstić information content (AvgIpc) is 2.76. The van der Waals surface area contributed by atoms with E-state index in [2.05, 4.69) is 23.6 Å². The van der Waals surface area contributed by atoms with Crippen molar-refractivity contribution in [1.82, 2.24) is 5.32 Å². The van der Waals surface area contributed by atoms with Crippen molar-refractivity contribution in [2.75, 3.05) is 5.32 Å². The molecule has 2 rings (SSSR count). The summed E-state index contributed by atoms with van der Waals surface area (Å²) in [6, 6.07) is 10.2. The molecule has 1 amide bonds. The molecule has 0 aliphatic heterocycles. The second-order valence-electron chi connectivity index (χ2n) is 5.35. The maximum absolute atomic E-state index is 11.0. The Morgan fingerprint density at radius 3 is 2.43 bits per heavy atom. The molecule has 0 saturated heterocycles. The van der Waals surface area contributed by atoms with Crippen molar-refractivity contribution in [2.24, 2.45) is 0 Å². The lowest BCUT2D eigenvalue weighted by atomic mass is 10.1. The van der Waals surface area contributed by atoms with Gasteiger partial charge in [0, 0.05) is 30.8 Å². The van der Waals surface area contributed by atoms with Crippen molar-refractivity contribution >= 4 is 11.6 Å².